The first-order chi connectivity index (χ1) is 5.72. The molecule has 2 nitrogen and oxygen atoms in total. The van der Waals surface area contributed by atoms with E-state index in [0.717, 1.165) is 6.54 Å². The smallest absolute Gasteiger partial charge is 0.0224 e. The van der Waals surface area contributed by atoms with Crippen molar-refractivity contribution < 1.29 is 0 Å². The maximum absolute atomic E-state index is 3.46. The Morgan fingerprint density at radius 1 is 1.58 bits per heavy atom. The first kappa shape index (κ1) is 9.75. The van der Waals surface area contributed by atoms with Gasteiger partial charge in [-0.05, 0) is 40.3 Å². The fourth-order valence-electron chi connectivity index (χ4n) is 1.78. The minimum absolute atomic E-state index is 0.544. The molecule has 2 N–H and O–H groups in total. The van der Waals surface area contributed by atoms with Gasteiger partial charge in [0.1, 0.15) is 0 Å². The van der Waals surface area contributed by atoms with Gasteiger partial charge < -0.3 is 10.6 Å². The van der Waals surface area contributed by atoms with Crippen molar-refractivity contribution in [2.75, 3.05) is 13.6 Å². The van der Waals surface area contributed by atoms with Crippen LogP contribution in [0.5, 0.6) is 0 Å². The Morgan fingerprint density at radius 3 is 3.00 bits per heavy atom. The van der Waals surface area contributed by atoms with Crippen LogP contribution in [0.25, 0.3) is 0 Å². The predicted octanol–water partition coefficient (Wildman–Crippen LogP) is 1.29. The summed E-state index contributed by atoms with van der Waals surface area (Å²) in [6, 6.07) is 1.20. The van der Waals surface area contributed by atoms with E-state index in [1.54, 1.807) is 0 Å². The van der Waals surface area contributed by atoms with E-state index >= 15 is 0 Å². The van der Waals surface area contributed by atoms with Crippen molar-refractivity contribution in [1.82, 2.24) is 10.6 Å². The third kappa shape index (κ3) is 2.95. The molecule has 2 atom stereocenters. The summed E-state index contributed by atoms with van der Waals surface area (Å²) in [6.07, 6.45) is 4.75. The normalized spacial score (nSPS) is 32.1. The minimum atomic E-state index is 0.544. The second kappa shape index (κ2) is 4.63. The quantitative estimate of drug-likeness (QED) is 0.577. The third-order valence-electron chi connectivity index (χ3n) is 2.47. The highest BCUT2D eigenvalue weighted by molar-refractivity contribution is 5.06. The zero-order valence-corrected chi connectivity index (χ0v) is 8.35. The molecule has 2 unspecified atom stereocenters. The molecule has 0 saturated heterocycles. The van der Waals surface area contributed by atoms with Crippen molar-refractivity contribution in [2.24, 2.45) is 0 Å². The van der Waals surface area contributed by atoms with Gasteiger partial charge in [-0.1, -0.05) is 11.6 Å². The molecule has 0 saturated carbocycles. The lowest BCUT2D eigenvalue weighted by atomic mass is 10.0. The molecular weight excluding hydrogens is 148 g/mol. The van der Waals surface area contributed by atoms with Crippen molar-refractivity contribution in [3.8, 4) is 0 Å². The zero-order valence-electron chi connectivity index (χ0n) is 8.35. The molecule has 0 radical (unpaired) electrons. The molecule has 1 rings (SSSR count). The van der Waals surface area contributed by atoms with E-state index in [0.29, 0.717) is 12.1 Å². The van der Waals surface area contributed by atoms with Crippen LogP contribution in [-0.4, -0.2) is 25.7 Å². The van der Waals surface area contributed by atoms with E-state index in [1.807, 2.05) is 7.05 Å². The summed E-state index contributed by atoms with van der Waals surface area (Å²) in [6.45, 7) is 5.55. The maximum Gasteiger partial charge on any atom is 0.0224 e. The van der Waals surface area contributed by atoms with E-state index in [-0.39, 0.29) is 0 Å². The first-order valence-corrected chi connectivity index (χ1v) is 4.80. The van der Waals surface area contributed by atoms with E-state index in [4.69, 9.17) is 0 Å². The van der Waals surface area contributed by atoms with Gasteiger partial charge in [0.2, 0.25) is 0 Å². The second-order valence-electron chi connectivity index (χ2n) is 3.73. The molecule has 0 aliphatic carbocycles. The average Bonchev–Trinajstić information content (AvgIpc) is 1.99. The second-order valence-corrected chi connectivity index (χ2v) is 3.73. The number of hydrogen-bond donors (Lipinski definition) is 2. The van der Waals surface area contributed by atoms with Crippen LogP contribution >= 0.6 is 0 Å². The summed E-state index contributed by atoms with van der Waals surface area (Å²) in [7, 11) is 2.04. The largest absolute Gasteiger partial charge is 0.317 e. The van der Waals surface area contributed by atoms with Gasteiger partial charge in [-0.15, -0.1) is 0 Å². The maximum atomic E-state index is 3.46. The molecule has 2 heteroatoms. The standard InChI is InChI=1S/C10H20N2/c1-8-6-9(2)12-5-4-10(7-8)11-3/h6,9-12H,4-5,7H2,1-3H3. The van der Waals surface area contributed by atoms with Crippen LogP contribution in [0.2, 0.25) is 0 Å². The van der Waals surface area contributed by atoms with Crippen LogP contribution in [0.3, 0.4) is 0 Å². The lowest BCUT2D eigenvalue weighted by Crippen LogP contribution is -2.35. The van der Waals surface area contributed by atoms with Crippen molar-refractivity contribution in [2.45, 2.75) is 38.8 Å². The Bertz CT molecular complexity index is 163. The molecule has 1 heterocycles. The Kier molecular flexibility index (Phi) is 3.76. The summed E-state index contributed by atoms with van der Waals surface area (Å²) in [5.74, 6) is 0. The zero-order chi connectivity index (χ0) is 8.97. The molecule has 0 aromatic heterocycles. The number of nitrogens with one attached hydrogen (secondary N) is 2. The van der Waals surface area contributed by atoms with Gasteiger partial charge in [-0.25, -0.2) is 0 Å². The van der Waals surface area contributed by atoms with Crippen LogP contribution in [0.4, 0.5) is 0 Å². The molecule has 1 aliphatic heterocycles. The molecule has 0 fully saturated rings. The molecule has 0 spiro atoms. The average molecular weight is 168 g/mol. The molecule has 70 valence electrons. The van der Waals surface area contributed by atoms with Gasteiger partial charge >= 0.3 is 0 Å². The van der Waals surface area contributed by atoms with Crippen molar-refractivity contribution >= 4 is 0 Å². The number of rotatable bonds is 1. The molecule has 0 amide bonds. The summed E-state index contributed by atoms with van der Waals surface area (Å²) >= 11 is 0. The summed E-state index contributed by atoms with van der Waals surface area (Å²) in [5.41, 5.74) is 1.49. The first-order valence-electron chi connectivity index (χ1n) is 4.80. The summed E-state index contributed by atoms with van der Waals surface area (Å²) in [5, 5.41) is 6.80. The molecule has 0 bridgehead atoms. The molecule has 12 heavy (non-hydrogen) atoms. The lowest BCUT2D eigenvalue weighted by molar-refractivity contribution is 0.469. The minimum Gasteiger partial charge on any atom is -0.317 e. The van der Waals surface area contributed by atoms with Crippen LogP contribution < -0.4 is 10.6 Å². The highest BCUT2D eigenvalue weighted by atomic mass is 14.9. The lowest BCUT2D eigenvalue weighted by Gasteiger charge is -2.22. The van der Waals surface area contributed by atoms with Crippen LogP contribution in [0.1, 0.15) is 26.7 Å². The topological polar surface area (TPSA) is 24.1 Å². The van der Waals surface area contributed by atoms with E-state index in [1.165, 1.54) is 18.4 Å². The van der Waals surface area contributed by atoms with Gasteiger partial charge in [0, 0.05) is 12.1 Å². The summed E-state index contributed by atoms with van der Waals surface area (Å²) < 4.78 is 0. The molecule has 0 aromatic carbocycles. The highest BCUT2D eigenvalue weighted by Gasteiger charge is 2.10. The van der Waals surface area contributed by atoms with Gasteiger partial charge in [-0.2, -0.15) is 0 Å². The van der Waals surface area contributed by atoms with Crippen LogP contribution in [0.15, 0.2) is 11.6 Å². The molecule has 0 aromatic rings. The van der Waals surface area contributed by atoms with Crippen molar-refractivity contribution in [3.05, 3.63) is 11.6 Å². The molecular formula is C10H20N2. The Hall–Kier alpha value is -0.340. The van der Waals surface area contributed by atoms with Crippen molar-refractivity contribution in [1.29, 1.82) is 0 Å². The van der Waals surface area contributed by atoms with Crippen LogP contribution in [-0.2, 0) is 0 Å². The predicted molar refractivity (Wildman–Crippen MR) is 53.3 cm³/mol. The van der Waals surface area contributed by atoms with Gasteiger partial charge in [0.05, 0.1) is 0 Å². The van der Waals surface area contributed by atoms with Gasteiger partial charge in [-0.3, -0.25) is 0 Å². The fourth-order valence-corrected chi connectivity index (χ4v) is 1.78. The summed E-state index contributed by atoms with van der Waals surface area (Å²) in [4.78, 5) is 0. The molecule has 1 aliphatic rings. The highest BCUT2D eigenvalue weighted by Crippen LogP contribution is 2.10. The van der Waals surface area contributed by atoms with Gasteiger partial charge in [0.25, 0.3) is 0 Å². The van der Waals surface area contributed by atoms with E-state index in [2.05, 4.69) is 30.6 Å². The third-order valence-corrected chi connectivity index (χ3v) is 2.47. The Morgan fingerprint density at radius 2 is 2.33 bits per heavy atom. The van der Waals surface area contributed by atoms with Gasteiger partial charge in [0.15, 0.2) is 0 Å². The van der Waals surface area contributed by atoms with E-state index < -0.39 is 0 Å². The number of hydrogen-bond acceptors (Lipinski definition) is 2. The van der Waals surface area contributed by atoms with Crippen molar-refractivity contribution in [3.63, 3.8) is 0 Å². The van der Waals surface area contributed by atoms with Crippen LogP contribution in [0, 0.1) is 0 Å². The van der Waals surface area contributed by atoms with E-state index in [9.17, 15) is 0 Å². The monoisotopic (exact) mass is 168 g/mol. The Balaban J connectivity index is 2.54. The Labute approximate surface area is 75.4 Å². The fraction of sp³-hybridized carbons (Fsp3) is 0.800. The SMILES string of the molecule is CNC1CCNC(C)C=C(C)C1.